The number of rotatable bonds is 3. The van der Waals surface area contributed by atoms with Crippen molar-refractivity contribution in [2.75, 3.05) is 13.2 Å². The third-order valence-electron chi connectivity index (χ3n) is 1.56. The van der Waals surface area contributed by atoms with Crippen molar-refractivity contribution in [1.29, 1.82) is 0 Å². The number of benzene rings is 1. The number of nitrogens with one attached hydrogen (secondary N) is 1. The number of hydrogen-bond acceptors (Lipinski definition) is 1. The summed E-state index contributed by atoms with van der Waals surface area (Å²) >= 11 is 2.96. The second kappa shape index (κ2) is 5.05. The van der Waals surface area contributed by atoms with Gasteiger partial charge in [0.05, 0.1) is 4.47 Å². The molecule has 0 unspecified atom stereocenters. The van der Waals surface area contributed by atoms with Gasteiger partial charge in [-0.2, -0.15) is 0 Å². The maximum absolute atomic E-state index is 13.0. The first kappa shape index (κ1) is 11.1. The molecule has 0 spiro atoms. The van der Waals surface area contributed by atoms with Crippen molar-refractivity contribution in [3.05, 3.63) is 34.1 Å². The molecule has 0 saturated carbocycles. The van der Waals surface area contributed by atoms with Crippen LogP contribution in [0.1, 0.15) is 10.4 Å². The topological polar surface area (TPSA) is 29.1 Å². The van der Waals surface area contributed by atoms with Crippen LogP contribution in [-0.4, -0.2) is 19.1 Å². The molecule has 0 aromatic heterocycles. The lowest BCUT2D eigenvalue weighted by Gasteiger charge is -2.03. The van der Waals surface area contributed by atoms with Gasteiger partial charge in [0, 0.05) is 12.1 Å². The lowest BCUT2D eigenvalue weighted by molar-refractivity contribution is 0.0950. The van der Waals surface area contributed by atoms with Gasteiger partial charge in [0.25, 0.3) is 5.91 Å². The van der Waals surface area contributed by atoms with E-state index >= 15 is 0 Å². The minimum absolute atomic E-state index is 0.0590. The molecule has 76 valence electrons. The van der Waals surface area contributed by atoms with Crippen molar-refractivity contribution in [2.45, 2.75) is 0 Å². The molecule has 0 bridgehead atoms. The second-order valence-corrected chi connectivity index (χ2v) is 3.43. The Morgan fingerprint density at radius 2 is 2.21 bits per heavy atom. The first-order valence-electron chi connectivity index (χ1n) is 3.94. The fourth-order valence-corrected chi connectivity index (χ4v) is 1.15. The highest BCUT2D eigenvalue weighted by Crippen LogP contribution is 2.16. The molecule has 0 atom stereocenters. The molecule has 0 aliphatic carbocycles. The lowest BCUT2D eigenvalue weighted by Crippen LogP contribution is -2.25. The molecule has 0 aliphatic heterocycles. The summed E-state index contributed by atoms with van der Waals surface area (Å²) in [6, 6.07) is 3.98. The zero-order valence-corrected chi connectivity index (χ0v) is 8.77. The quantitative estimate of drug-likeness (QED) is 0.891. The minimum atomic E-state index is -0.634. The predicted octanol–water partition coefficient (Wildman–Crippen LogP) is 2.29. The SMILES string of the molecule is O=C(NCCF)c1ccc(Br)c(F)c1. The molecule has 2 nitrogen and oxygen atoms in total. The summed E-state index contributed by atoms with van der Waals surface area (Å²) in [6.45, 7) is -0.693. The molecular weight excluding hydrogens is 256 g/mol. The Kier molecular flexibility index (Phi) is 4.00. The molecule has 0 heterocycles. The van der Waals surface area contributed by atoms with E-state index in [1.807, 2.05) is 0 Å². The molecule has 14 heavy (non-hydrogen) atoms. The summed E-state index contributed by atoms with van der Waals surface area (Å²) in [5.74, 6) is -0.994. The lowest BCUT2D eigenvalue weighted by atomic mass is 10.2. The van der Waals surface area contributed by atoms with Crippen LogP contribution in [0, 0.1) is 5.82 Å². The van der Waals surface area contributed by atoms with Gasteiger partial charge in [0.15, 0.2) is 0 Å². The van der Waals surface area contributed by atoms with Crippen LogP contribution >= 0.6 is 15.9 Å². The maximum Gasteiger partial charge on any atom is 0.251 e. The number of halogens is 3. The number of amides is 1. The zero-order valence-electron chi connectivity index (χ0n) is 7.19. The molecule has 0 saturated heterocycles. The van der Waals surface area contributed by atoms with Crippen molar-refractivity contribution in [3.8, 4) is 0 Å². The molecule has 1 rings (SSSR count). The Bertz CT molecular complexity index is 344. The van der Waals surface area contributed by atoms with E-state index in [0.29, 0.717) is 4.47 Å². The third kappa shape index (κ3) is 2.77. The summed E-state index contributed by atoms with van der Waals surface area (Å²) in [6.07, 6.45) is 0. The summed E-state index contributed by atoms with van der Waals surface area (Å²) in [4.78, 5) is 11.2. The number of alkyl halides is 1. The largest absolute Gasteiger partial charge is 0.349 e. The van der Waals surface area contributed by atoms with E-state index in [9.17, 15) is 13.6 Å². The predicted molar refractivity (Wildman–Crippen MR) is 52.4 cm³/mol. The summed E-state index contributed by atoms with van der Waals surface area (Å²) in [7, 11) is 0. The van der Waals surface area contributed by atoms with Gasteiger partial charge >= 0.3 is 0 Å². The van der Waals surface area contributed by atoms with E-state index in [-0.39, 0.29) is 12.1 Å². The molecular formula is C9H8BrF2NO. The minimum Gasteiger partial charge on any atom is -0.349 e. The molecule has 0 fully saturated rings. The highest BCUT2D eigenvalue weighted by molar-refractivity contribution is 9.10. The summed E-state index contributed by atoms with van der Waals surface area (Å²) < 4.78 is 25.0. The fraction of sp³-hybridized carbons (Fsp3) is 0.222. The van der Waals surface area contributed by atoms with Gasteiger partial charge in [-0.25, -0.2) is 8.78 Å². The molecule has 0 aliphatic rings. The Morgan fingerprint density at radius 1 is 1.50 bits per heavy atom. The van der Waals surface area contributed by atoms with Crippen LogP contribution in [0.25, 0.3) is 0 Å². The van der Waals surface area contributed by atoms with Gasteiger partial charge in [-0.3, -0.25) is 4.79 Å². The Hall–Kier alpha value is -0.970. The van der Waals surface area contributed by atoms with Crippen LogP contribution in [0.5, 0.6) is 0 Å². The van der Waals surface area contributed by atoms with Crippen molar-refractivity contribution in [2.24, 2.45) is 0 Å². The van der Waals surface area contributed by atoms with Gasteiger partial charge in [-0.15, -0.1) is 0 Å². The summed E-state index contributed by atoms with van der Waals surface area (Å²) in [5, 5.41) is 2.30. The van der Waals surface area contributed by atoms with E-state index < -0.39 is 18.4 Å². The zero-order chi connectivity index (χ0) is 10.6. The monoisotopic (exact) mass is 263 g/mol. The van der Waals surface area contributed by atoms with E-state index in [4.69, 9.17) is 0 Å². The average Bonchev–Trinajstić information content (AvgIpc) is 2.18. The molecule has 5 heteroatoms. The van der Waals surface area contributed by atoms with Crippen molar-refractivity contribution < 1.29 is 13.6 Å². The van der Waals surface area contributed by atoms with Crippen molar-refractivity contribution >= 4 is 21.8 Å². The van der Waals surface area contributed by atoms with Crippen molar-refractivity contribution in [1.82, 2.24) is 5.32 Å². The number of carbonyl (C=O) groups excluding carboxylic acids is 1. The van der Waals surface area contributed by atoms with Crippen LogP contribution in [0.15, 0.2) is 22.7 Å². The standard InChI is InChI=1S/C9H8BrF2NO/c10-7-2-1-6(5-8(7)12)9(14)13-4-3-11/h1-2,5H,3-4H2,(H,13,14). The molecule has 1 N–H and O–H groups in total. The first-order valence-corrected chi connectivity index (χ1v) is 4.73. The molecule has 1 amide bonds. The average molecular weight is 264 g/mol. The van der Waals surface area contributed by atoms with Crippen LogP contribution in [0.2, 0.25) is 0 Å². The van der Waals surface area contributed by atoms with Crippen LogP contribution < -0.4 is 5.32 Å². The smallest absolute Gasteiger partial charge is 0.251 e. The van der Waals surface area contributed by atoms with Crippen LogP contribution in [-0.2, 0) is 0 Å². The second-order valence-electron chi connectivity index (χ2n) is 2.57. The fourth-order valence-electron chi connectivity index (χ4n) is 0.900. The summed E-state index contributed by atoms with van der Waals surface area (Å²) in [5.41, 5.74) is 0.180. The Labute approximate surface area is 88.4 Å². The first-order chi connectivity index (χ1) is 6.65. The molecule has 1 aromatic carbocycles. The number of hydrogen-bond donors (Lipinski definition) is 1. The normalized spacial score (nSPS) is 9.93. The van der Waals surface area contributed by atoms with E-state index in [1.165, 1.54) is 12.1 Å². The van der Waals surface area contributed by atoms with Gasteiger partial charge in [0.2, 0.25) is 0 Å². The molecule has 0 radical (unpaired) electrons. The maximum atomic E-state index is 13.0. The van der Waals surface area contributed by atoms with E-state index in [0.717, 1.165) is 6.07 Å². The van der Waals surface area contributed by atoms with E-state index in [2.05, 4.69) is 21.2 Å². The Balaban J connectivity index is 2.76. The molecule has 1 aromatic rings. The van der Waals surface area contributed by atoms with Gasteiger partial charge < -0.3 is 5.32 Å². The highest BCUT2D eigenvalue weighted by atomic mass is 79.9. The highest BCUT2D eigenvalue weighted by Gasteiger charge is 2.07. The van der Waals surface area contributed by atoms with Gasteiger partial charge in [-0.1, -0.05) is 0 Å². The van der Waals surface area contributed by atoms with Crippen LogP contribution in [0.3, 0.4) is 0 Å². The van der Waals surface area contributed by atoms with E-state index in [1.54, 1.807) is 0 Å². The number of carbonyl (C=O) groups is 1. The van der Waals surface area contributed by atoms with Gasteiger partial charge in [-0.05, 0) is 34.1 Å². The van der Waals surface area contributed by atoms with Gasteiger partial charge in [0.1, 0.15) is 12.5 Å². The Morgan fingerprint density at radius 3 is 2.79 bits per heavy atom. The van der Waals surface area contributed by atoms with Crippen LogP contribution in [0.4, 0.5) is 8.78 Å². The van der Waals surface area contributed by atoms with Crippen molar-refractivity contribution in [3.63, 3.8) is 0 Å². The third-order valence-corrected chi connectivity index (χ3v) is 2.20.